The molecule has 0 heterocycles. The van der Waals surface area contributed by atoms with Crippen molar-refractivity contribution < 1.29 is 14.3 Å². The number of amides is 1. The highest BCUT2D eigenvalue weighted by molar-refractivity contribution is 5.96. The van der Waals surface area contributed by atoms with Gasteiger partial charge in [0.15, 0.2) is 0 Å². The molecule has 2 aromatic carbocycles. The van der Waals surface area contributed by atoms with Crippen LogP contribution in [0, 0.1) is 0 Å². The van der Waals surface area contributed by atoms with Gasteiger partial charge in [-0.15, -0.1) is 37.2 Å². The van der Waals surface area contributed by atoms with Crippen molar-refractivity contribution in [3.8, 4) is 0 Å². The van der Waals surface area contributed by atoms with E-state index in [1.165, 1.54) is 27.1 Å². The number of carbonyl (C=O) groups excluding carboxylic acids is 2. The molecule has 2 atom stereocenters. The molecule has 244 valence electrons. The lowest BCUT2D eigenvalue weighted by atomic mass is 9.94. The highest BCUT2D eigenvalue weighted by Crippen LogP contribution is 2.23. The van der Waals surface area contributed by atoms with Crippen LogP contribution in [0.2, 0.25) is 0 Å². The summed E-state index contributed by atoms with van der Waals surface area (Å²) < 4.78 is 5.68. The fourth-order valence-corrected chi connectivity index (χ4v) is 5.41. The summed E-state index contributed by atoms with van der Waals surface area (Å²) >= 11 is 0. The fraction of sp³-hybridized carbons (Fsp3) is 0.471. The van der Waals surface area contributed by atoms with E-state index in [1.54, 1.807) is 0 Å². The first-order chi connectivity index (χ1) is 19.8. The molecule has 0 bridgehead atoms. The largest absolute Gasteiger partial charge is 0.427 e. The normalized spacial score (nSPS) is 13.9. The predicted molar refractivity (Wildman–Crippen MR) is 190 cm³/mol. The lowest BCUT2D eigenvalue weighted by molar-refractivity contribution is -0.139. The topological polar surface area (TPSA) is 111 Å². The number of unbranched alkanes of at least 4 members (excludes halogenated alkanes) is 1. The lowest BCUT2D eigenvalue weighted by Crippen LogP contribution is -2.35. The van der Waals surface area contributed by atoms with Crippen LogP contribution in [0.4, 0.5) is 0 Å². The number of carbonyl (C=O) groups is 2. The number of benzene rings is 2. The summed E-state index contributed by atoms with van der Waals surface area (Å²) in [6.07, 6.45) is 15.7. The third-order valence-electron chi connectivity index (χ3n) is 7.79. The molecule has 10 heteroatoms. The first kappa shape index (κ1) is 39.6. The van der Waals surface area contributed by atoms with Gasteiger partial charge in [0.1, 0.15) is 5.76 Å². The zero-order valence-electron chi connectivity index (χ0n) is 25.9. The van der Waals surface area contributed by atoms with Gasteiger partial charge in [-0.1, -0.05) is 42.5 Å². The second-order valence-corrected chi connectivity index (χ2v) is 11.5. The van der Waals surface area contributed by atoms with Crippen molar-refractivity contribution in [1.29, 1.82) is 0 Å². The number of esters is 1. The van der Waals surface area contributed by atoms with Crippen LogP contribution in [0.15, 0.2) is 42.2 Å². The SMILES string of the molecule is CC(N)CCNCCCCN(CCC(C)N)C(=O)CCCC(=O)OC1=CCc2c(ccc3c4c(ccc23)=CC=C4)=C1.Cl.Cl.Cl. The van der Waals surface area contributed by atoms with E-state index in [-0.39, 0.29) is 67.6 Å². The Morgan fingerprint density at radius 2 is 1.61 bits per heavy atom. The van der Waals surface area contributed by atoms with Gasteiger partial charge in [-0.3, -0.25) is 9.59 Å². The first-order valence-electron chi connectivity index (χ1n) is 15.2. The zero-order chi connectivity index (χ0) is 29.2. The molecule has 0 aromatic heterocycles. The number of nitrogens with two attached hydrogens (primary N) is 2. The molecular weight excluding hydrogens is 619 g/mol. The Labute approximate surface area is 280 Å². The minimum atomic E-state index is -0.303. The average Bonchev–Trinajstić information content (AvgIpc) is 3.43. The van der Waals surface area contributed by atoms with Crippen molar-refractivity contribution in [3.63, 3.8) is 0 Å². The highest BCUT2D eigenvalue weighted by atomic mass is 35.5. The number of ether oxygens (including phenoxy) is 1. The Morgan fingerprint density at radius 3 is 2.36 bits per heavy atom. The summed E-state index contributed by atoms with van der Waals surface area (Å²) in [4.78, 5) is 27.5. The summed E-state index contributed by atoms with van der Waals surface area (Å²) in [5, 5.41) is 8.23. The average molecular weight is 668 g/mol. The molecule has 0 aliphatic heterocycles. The number of nitrogens with zero attached hydrogens (tertiary/aromatic N) is 1. The summed E-state index contributed by atoms with van der Waals surface area (Å²) in [6, 6.07) is 8.86. The molecule has 0 spiro atoms. The van der Waals surface area contributed by atoms with Crippen LogP contribution >= 0.6 is 37.2 Å². The van der Waals surface area contributed by atoms with Crippen LogP contribution in [-0.4, -0.2) is 55.0 Å². The van der Waals surface area contributed by atoms with Crippen LogP contribution in [0.25, 0.3) is 29.0 Å². The Balaban J connectivity index is 0.00000323. The molecule has 4 rings (SSSR count). The van der Waals surface area contributed by atoms with Crippen molar-refractivity contribution >= 4 is 78.1 Å². The summed E-state index contributed by atoms with van der Waals surface area (Å²) in [7, 11) is 0. The zero-order valence-corrected chi connectivity index (χ0v) is 28.3. The molecule has 0 fully saturated rings. The van der Waals surface area contributed by atoms with E-state index in [9.17, 15) is 9.59 Å². The van der Waals surface area contributed by atoms with Gasteiger partial charge in [0.05, 0.1) is 0 Å². The highest BCUT2D eigenvalue weighted by Gasteiger charge is 2.17. The van der Waals surface area contributed by atoms with Gasteiger partial charge < -0.3 is 26.4 Å². The van der Waals surface area contributed by atoms with Gasteiger partial charge in [-0.05, 0) is 110 Å². The smallest absolute Gasteiger partial charge is 0.311 e. The molecule has 0 radical (unpaired) electrons. The number of allylic oxidation sites excluding steroid dienone is 3. The predicted octanol–water partition coefficient (Wildman–Crippen LogP) is 4.52. The van der Waals surface area contributed by atoms with Crippen molar-refractivity contribution in [2.24, 2.45) is 11.5 Å². The van der Waals surface area contributed by atoms with Gasteiger partial charge in [0, 0.05) is 38.0 Å². The van der Waals surface area contributed by atoms with Crippen LogP contribution in [0.3, 0.4) is 0 Å². The molecule has 7 nitrogen and oxygen atoms in total. The molecule has 2 aromatic rings. The number of halogens is 3. The molecule has 2 unspecified atom stereocenters. The number of rotatable bonds is 16. The van der Waals surface area contributed by atoms with E-state index in [0.717, 1.165) is 44.0 Å². The summed E-state index contributed by atoms with van der Waals surface area (Å²) in [5.41, 5.74) is 14.3. The van der Waals surface area contributed by atoms with Gasteiger partial charge in [-0.25, -0.2) is 0 Å². The second-order valence-electron chi connectivity index (χ2n) is 11.5. The van der Waals surface area contributed by atoms with E-state index in [1.807, 2.05) is 30.9 Å². The molecule has 44 heavy (non-hydrogen) atoms. The minimum Gasteiger partial charge on any atom is -0.427 e. The third-order valence-corrected chi connectivity index (χ3v) is 7.79. The quantitative estimate of drug-likeness (QED) is 0.179. The minimum absolute atomic E-state index is 0. The molecule has 0 saturated carbocycles. The maximum Gasteiger partial charge on any atom is 0.311 e. The van der Waals surface area contributed by atoms with E-state index in [0.29, 0.717) is 38.1 Å². The number of nitrogens with one attached hydrogen (secondary N) is 1. The maximum absolute atomic E-state index is 13.0. The Kier molecular flexibility index (Phi) is 17.9. The Hall–Kier alpha value is -2.39. The van der Waals surface area contributed by atoms with Gasteiger partial charge in [0.2, 0.25) is 5.91 Å². The van der Waals surface area contributed by atoms with Gasteiger partial charge in [0.25, 0.3) is 0 Å². The lowest BCUT2D eigenvalue weighted by Gasteiger charge is -2.24. The summed E-state index contributed by atoms with van der Waals surface area (Å²) in [6.45, 7) is 7.15. The number of fused-ring (bicyclic) bond motifs is 5. The second kappa shape index (κ2) is 19.9. The Bertz CT molecular complexity index is 1420. The summed E-state index contributed by atoms with van der Waals surface area (Å²) in [5.74, 6) is 0.352. The third kappa shape index (κ3) is 11.5. The van der Waals surface area contributed by atoms with E-state index in [4.69, 9.17) is 16.2 Å². The van der Waals surface area contributed by atoms with Crippen molar-refractivity contribution in [1.82, 2.24) is 10.2 Å². The molecular formula is C34H49Cl3N4O3. The van der Waals surface area contributed by atoms with Crippen LogP contribution in [-0.2, 0) is 20.7 Å². The number of hydrogen-bond donors (Lipinski definition) is 3. The first-order valence-corrected chi connectivity index (χ1v) is 15.2. The van der Waals surface area contributed by atoms with E-state index >= 15 is 0 Å². The fourth-order valence-electron chi connectivity index (χ4n) is 5.41. The molecule has 2 aliphatic carbocycles. The van der Waals surface area contributed by atoms with Crippen molar-refractivity contribution in [2.75, 3.05) is 26.2 Å². The molecule has 2 aliphatic rings. The van der Waals surface area contributed by atoms with E-state index < -0.39 is 0 Å². The monoisotopic (exact) mass is 666 g/mol. The van der Waals surface area contributed by atoms with Crippen molar-refractivity contribution in [3.05, 3.63) is 63.7 Å². The molecule has 5 N–H and O–H groups in total. The van der Waals surface area contributed by atoms with Gasteiger partial charge in [-0.2, -0.15) is 0 Å². The van der Waals surface area contributed by atoms with E-state index in [2.05, 4.69) is 47.8 Å². The molecule has 0 saturated heterocycles. The van der Waals surface area contributed by atoms with Crippen molar-refractivity contribution in [2.45, 2.75) is 77.3 Å². The van der Waals surface area contributed by atoms with Crippen LogP contribution in [0.5, 0.6) is 0 Å². The van der Waals surface area contributed by atoms with Crippen LogP contribution < -0.4 is 27.2 Å². The number of hydrogen-bond acceptors (Lipinski definition) is 6. The Morgan fingerprint density at radius 1 is 0.886 bits per heavy atom. The van der Waals surface area contributed by atoms with Gasteiger partial charge >= 0.3 is 5.97 Å². The molecule has 1 amide bonds. The maximum atomic E-state index is 13.0. The standard InChI is InChI=1S/C34H46N4O3.3ClH/c1-24(35)17-20-37-19-3-4-21-38(22-18-25(2)36)33(39)9-6-10-34(40)41-28-13-16-30-27(23-28)12-15-31-29-8-5-7-26(29)11-14-32(30)31;;;/h5,7-8,11-15,23-25,37H,3-4,6,9-10,16-22,35-36H2,1-2H3;3*1H. The van der Waals surface area contributed by atoms with Crippen LogP contribution in [0.1, 0.15) is 69.9 Å².